The molecule has 98 valence electrons. The number of amides is 2. The fraction of sp³-hybridized carbons (Fsp3) is 0.400. The van der Waals surface area contributed by atoms with Gasteiger partial charge in [0.05, 0.1) is 17.8 Å². The Bertz CT molecular complexity index is 442. The molecule has 0 aliphatic rings. The number of nitrogens with zero attached hydrogens (tertiary/aromatic N) is 2. The van der Waals surface area contributed by atoms with Crippen molar-refractivity contribution < 1.29 is 9.59 Å². The van der Waals surface area contributed by atoms with E-state index < -0.39 is 17.2 Å². The average Bonchev–Trinajstić information content (AvgIpc) is 2.36. The van der Waals surface area contributed by atoms with Crippen molar-refractivity contribution in [3.8, 4) is 0 Å². The first-order chi connectivity index (χ1) is 8.36. The number of nitrogens with two attached hydrogens (primary N) is 2. The Labute approximate surface area is 104 Å². The molecular formula is C10H16N6O2. The van der Waals surface area contributed by atoms with E-state index in [1.54, 1.807) is 13.8 Å². The van der Waals surface area contributed by atoms with E-state index in [1.807, 2.05) is 0 Å². The topological polar surface area (TPSA) is 136 Å². The zero-order chi connectivity index (χ0) is 13.8. The fourth-order valence-corrected chi connectivity index (χ4v) is 0.999. The largest absolute Gasteiger partial charge is 0.369 e. The number of hydrazine groups is 1. The predicted molar refractivity (Wildman–Crippen MR) is 65.2 cm³/mol. The van der Waals surface area contributed by atoms with E-state index in [4.69, 9.17) is 11.6 Å². The zero-order valence-electron chi connectivity index (χ0n) is 10.2. The quantitative estimate of drug-likeness (QED) is 0.392. The molecule has 2 amide bonds. The van der Waals surface area contributed by atoms with E-state index in [0.29, 0.717) is 5.82 Å². The number of carbonyl (C=O) groups is 2. The van der Waals surface area contributed by atoms with E-state index in [2.05, 4.69) is 20.7 Å². The normalized spacial score (nSPS) is 10.8. The zero-order valence-corrected chi connectivity index (χ0v) is 10.2. The van der Waals surface area contributed by atoms with Gasteiger partial charge in [0.25, 0.3) is 5.91 Å². The third-order valence-corrected chi connectivity index (χ3v) is 2.39. The molecule has 0 fully saturated rings. The van der Waals surface area contributed by atoms with Crippen molar-refractivity contribution in [2.75, 3.05) is 12.0 Å². The number of primary amides is 1. The van der Waals surface area contributed by atoms with Crippen molar-refractivity contribution in [1.82, 2.24) is 15.3 Å². The van der Waals surface area contributed by atoms with Crippen LogP contribution in [0.1, 0.15) is 24.3 Å². The fourth-order valence-electron chi connectivity index (χ4n) is 0.999. The molecule has 1 aromatic heterocycles. The standard InChI is InChI=1S/C10H16N6O2/c1-10(2,9(11)18)5-15-8(17)6-3-14-7(16-12)4-13-6/h3-4H,5,12H2,1-2H3,(H2,11,18)(H,14,16)(H,15,17). The van der Waals surface area contributed by atoms with Gasteiger partial charge in [0.1, 0.15) is 5.69 Å². The number of anilines is 1. The Balaban J connectivity index is 2.63. The van der Waals surface area contributed by atoms with Crippen LogP contribution in [0.2, 0.25) is 0 Å². The van der Waals surface area contributed by atoms with Gasteiger partial charge in [0.15, 0.2) is 5.82 Å². The van der Waals surface area contributed by atoms with Crippen LogP contribution in [0.25, 0.3) is 0 Å². The Morgan fingerprint density at radius 1 is 1.33 bits per heavy atom. The van der Waals surface area contributed by atoms with Crippen molar-refractivity contribution in [3.63, 3.8) is 0 Å². The molecule has 6 N–H and O–H groups in total. The van der Waals surface area contributed by atoms with Crippen LogP contribution >= 0.6 is 0 Å². The molecule has 18 heavy (non-hydrogen) atoms. The van der Waals surface area contributed by atoms with Gasteiger partial charge in [-0.25, -0.2) is 15.8 Å². The summed E-state index contributed by atoms with van der Waals surface area (Å²) >= 11 is 0. The first-order valence-corrected chi connectivity index (χ1v) is 5.23. The SMILES string of the molecule is CC(C)(CNC(=O)c1cnc(NN)cn1)C(N)=O. The third kappa shape index (κ3) is 3.39. The minimum Gasteiger partial charge on any atom is -0.369 e. The predicted octanol–water partition coefficient (Wildman–Crippen LogP) is -0.996. The number of aromatic nitrogens is 2. The smallest absolute Gasteiger partial charge is 0.271 e. The van der Waals surface area contributed by atoms with Crippen molar-refractivity contribution in [2.24, 2.45) is 17.0 Å². The summed E-state index contributed by atoms with van der Waals surface area (Å²) in [5, 5.41) is 2.56. The van der Waals surface area contributed by atoms with Gasteiger partial charge in [-0.15, -0.1) is 0 Å². The van der Waals surface area contributed by atoms with Crippen LogP contribution < -0.4 is 22.3 Å². The van der Waals surface area contributed by atoms with Crippen molar-refractivity contribution >= 4 is 17.6 Å². The van der Waals surface area contributed by atoms with Gasteiger partial charge in [-0.1, -0.05) is 0 Å². The Morgan fingerprint density at radius 2 is 2.00 bits per heavy atom. The summed E-state index contributed by atoms with van der Waals surface area (Å²) in [4.78, 5) is 30.5. The summed E-state index contributed by atoms with van der Waals surface area (Å²) in [6, 6.07) is 0. The lowest BCUT2D eigenvalue weighted by Crippen LogP contribution is -2.42. The second-order valence-corrected chi connectivity index (χ2v) is 4.36. The van der Waals surface area contributed by atoms with Gasteiger partial charge in [-0.05, 0) is 13.8 Å². The summed E-state index contributed by atoms with van der Waals surface area (Å²) < 4.78 is 0. The van der Waals surface area contributed by atoms with Gasteiger partial charge in [0.2, 0.25) is 5.91 Å². The maximum absolute atomic E-state index is 11.7. The van der Waals surface area contributed by atoms with Gasteiger partial charge in [0, 0.05) is 6.54 Å². The lowest BCUT2D eigenvalue weighted by atomic mass is 9.93. The molecule has 0 radical (unpaired) electrons. The van der Waals surface area contributed by atoms with E-state index in [1.165, 1.54) is 12.4 Å². The Kier molecular flexibility index (Phi) is 4.16. The Hall–Kier alpha value is -2.22. The number of carbonyl (C=O) groups excluding carboxylic acids is 2. The van der Waals surface area contributed by atoms with Crippen LogP contribution in [0.3, 0.4) is 0 Å². The van der Waals surface area contributed by atoms with Gasteiger partial charge in [-0.2, -0.15) is 0 Å². The highest BCUT2D eigenvalue weighted by atomic mass is 16.2. The van der Waals surface area contributed by atoms with Crippen molar-refractivity contribution in [2.45, 2.75) is 13.8 Å². The van der Waals surface area contributed by atoms with Gasteiger partial charge < -0.3 is 16.5 Å². The monoisotopic (exact) mass is 252 g/mol. The van der Waals surface area contributed by atoms with Crippen molar-refractivity contribution in [3.05, 3.63) is 18.1 Å². The molecule has 0 aliphatic carbocycles. The summed E-state index contributed by atoms with van der Waals surface area (Å²) in [6.07, 6.45) is 2.61. The lowest BCUT2D eigenvalue weighted by Gasteiger charge is -2.20. The van der Waals surface area contributed by atoms with E-state index in [-0.39, 0.29) is 12.2 Å². The van der Waals surface area contributed by atoms with Crippen LogP contribution in [0.15, 0.2) is 12.4 Å². The minimum absolute atomic E-state index is 0.125. The first-order valence-electron chi connectivity index (χ1n) is 5.23. The molecule has 1 aromatic rings. The highest BCUT2D eigenvalue weighted by molar-refractivity contribution is 5.92. The highest BCUT2D eigenvalue weighted by Gasteiger charge is 2.25. The number of nitrogens with one attached hydrogen (secondary N) is 2. The summed E-state index contributed by atoms with van der Waals surface area (Å²) in [7, 11) is 0. The molecule has 0 spiro atoms. The minimum atomic E-state index is -0.818. The Morgan fingerprint density at radius 3 is 2.44 bits per heavy atom. The van der Waals surface area contributed by atoms with Crippen LogP contribution in [0.5, 0.6) is 0 Å². The molecule has 8 nitrogen and oxygen atoms in total. The molecule has 0 unspecified atom stereocenters. The molecule has 0 saturated carbocycles. The number of rotatable bonds is 5. The second kappa shape index (κ2) is 5.41. The average molecular weight is 252 g/mol. The molecule has 1 heterocycles. The van der Waals surface area contributed by atoms with Crippen molar-refractivity contribution in [1.29, 1.82) is 0 Å². The molecule has 8 heteroatoms. The molecule has 0 saturated heterocycles. The highest BCUT2D eigenvalue weighted by Crippen LogP contribution is 2.12. The molecular weight excluding hydrogens is 236 g/mol. The van der Waals surface area contributed by atoms with Crippen LogP contribution in [-0.2, 0) is 4.79 Å². The van der Waals surface area contributed by atoms with Crippen LogP contribution in [0, 0.1) is 5.41 Å². The number of hydrogen-bond acceptors (Lipinski definition) is 6. The van der Waals surface area contributed by atoms with Crippen LogP contribution in [0.4, 0.5) is 5.82 Å². The maximum Gasteiger partial charge on any atom is 0.271 e. The number of hydrogen-bond donors (Lipinski definition) is 4. The third-order valence-electron chi connectivity index (χ3n) is 2.39. The summed E-state index contributed by atoms with van der Waals surface area (Å²) in [6.45, 7) is 3.41. The second-order valence-electron chi connectivity index (χ2n) is 4.36. The van der Waals surface area contributed by atoms with E-state index in [0.717, 1.165) is 0 Å². The van der Waals surface area contributed by atoms with E-state index >= 15 is 0 Å². The molecule has 0 aliphatic heterocycles. The molecule has 0 bridgehead atoms. The number of nitrogen functional groups attached to an aromatic ring is 1. The lowest BCUT2D eigenvalue weighted by molar-refractivity contribution is -0.125. The molecule has 0 aromatic carbocycles. The molecule has 0 atom stereocenters. The van der Waals surface area contributed by atoms with E-state index in [9.17, 15) is 9.59 Å². The summed E-state index contributed by atoms with van der Waals surface area (Å²) in [5.41, 5.74) is 6.81. The van der Waals surface area contributed by atoms with Gasteiger partial charge >= 0.3 is 0 Å². The first kappa shape index (κ1) is 13.8. The van der Waals surface area contributed by atoms with Crippen LogP contribution in [-0.4, -0.2) is 28.3 Å². The maximum atomic E-state index is 11.7. The molecule has 1 rings (SSSR count). The van der Waals surface area contributed by atoms with Gasteiger partial charge in [-0.3, -0.25) is 9.59 Å². The summed E-state index contributed by atoms with van der Waals surface area (Å²) in [5.74, 6) is 4.55.